The Morgan fingerprint density at radius 1 is 1.86 bits per heavy atom. The summed E-state index contributed by atoms with van der Waals surface area (Å²) in [7, 11) is 1.28. The molecule has 0 aliphatic rings. The zero-order valence-electron chi connectivity index (χ0n) is 4.34. The maximum atomic E-state index is 10.3. The summed E-state index contributed by atoms with van der Waals surface area (Å²) in [4.78, 5) is 10.3. The van der Waals surface area contributed by atoms with Crippen molar-refractivity contribution < 1.29 is 4.79 Å². The third-order valence-corrected chi connectivity index (χ3v) is 2.33. The van der Waals surface area contributed by atoms with Crippen molar-refractivity contribution in [2.24, 2.45) is 0 Å². The van der Waals surface area contributed by atoms with Gasteiger partial charge in [-0.25, -0.2) is 0 Å². The Morgan fingerprint density at radius 3 is 2.29 bits per heavy atom. The lowest BCUT2D eigenvalue weighted by Crippen LogP contribution is -2.05. The monoisotopic (exact) mass is 136 g/mol. The first-order chi connectivity index (χ1) is 3.18. The second kappa shape index (κ2) is 3.38. The van der Waals surface area contributed by atoms with Crippen LogP contribution in [0.1, 0.15) is 13.8 Å². The van der Waals surface area contributed by atoms with Gasteiger partial charge in [-0.05, 0) is 13.8 Å². The zero-order valence-corrected chi connectivity index (χ0v) is 6.05. The van der Waals surface area contributed by atoms with Crippen LogP contribution in [0.4, 0.5) is 0 Å². The molecule has 0 aromatic carbocycles. The number of carbonyl (C=O) groups is 1. The van der Waals surface area contributed by atoms with Gasteiger partial charge in [-0.2, -0.15) is 0 Å². The smallest absolute Gasteiger partial charge is 0.143 e. The number of hydrogen-bond acceptors (Lipinski definition) is 3. The standard InChI is InChI=1S/C4H8OS2/c1-3(5)4(2)7-6/h4,6H,1-2H3. The first-order valence-corrected chi connectivity index (χ1v) is 3.92. The van der Waals surface area contributed by atoms with E-state index in [1.807, 2.05) is 6.92 Å². The Hall–Kier alpha value is 0.370. The predicted octanol–water partition coefficient (Wildman–Crippen LogP) is 1.54. The second-order valence-corrected chi connectivity index (χ2v) is 2.91. The van der Waals surface area contributed by atoms with Crippen LogP contribution in [0.3, 0.4) is 0 Å². The Morgan fingerprint density at radius 2 is 2.29 bits per heavy atom. The topological polar surface area (TPSA) is 17.1 Å². The van der Waals surface area contributed by atoms with Crippen LogP contribution in [0.5, 0.6) is 0 Å². The molecule has 0 heterocycles. The maximum absolute atomic E-state index is 10.3. The third-order valence-electron chi connectivity index (χ3n) is 0.731. The highest BCUT2D eigenvalue weighted by Gasteiger charge is 2.02. The van der Waals surface area contributed by atoms with Crippen LogP contribution < -0.4 is 0 Å². The second-order valence-electron chi connectivity index (χ2n) is 1.36. The molecule has 7 heavy (non-hydrogen) atoms. The molecule has 0 fully saturated rings. The summed E-state index contributed by atoms with van der Waals surface area (Å²) < 4.78 is 0. The van der Waals surface area contributed by atoms with Crippen LogP contribution in [0.25, 0.3) is 0 Å². The molecule has 0 amide bonds. The average molecular weight is 136 g/mol. The van der Waals surface area contributed by atoms with Crippen molar-refractivity contribution in [2.45, 2.75) is 19.1 Å². The third kappa shape index (κ3) is 3.00. The number of Topliss-reactive ketones (excluding diaryl/α,β-unsaturated/α-hetero) is 1. The van der Waals surface area contributed by atoms with Crippen LogP contribution in [0.2, 0.25) is 0 Å². The van der Waals surface area contributed by atoms with Crippen molar-refractivity contribution in [3.8, 4) is 0 Å². The fourth-order valence-electron chi connectivity index (χ4n) is 0.0742. The molecule has 0 aromatic heterocycles. The van der Waals surface area contributed by atoms with Gasteiger partial charge >= 0.3 is 0 Å². The molecule has 42 valence electrons. The lowest BCUT2D eigenvalue weighted by Gasteiger charge is -1.96. The van der Waals surface area contributed by atoms with E-state index in [1.165, 1.54) is 10.8 Å². The largest absolute Gasteiger partial charge is 0.299 e. The Kier molecular flexibility index (Phi) is 3.56. The minimum atomic E-state index is 0.0448. The van der Waals surface area contributed by atoms with E-state index in [2.05, 4.69) is 11.7 Å². The summed E-state index contributed by atoms with van der Waals surface area (Å²) in [5, 5.41) is 0.0448. The Labute approximate surface area is 52.7 Å². The molecule has 0 saturated heterocycles. The van der Waals surface area contributed by atoms with Gasteiger partial charge in [0, 0.05) is 0 Å². The van der Waals surface area contributed by atoms with Crippen LogP contribution in [0, 0.1) is 0 Å². The number of hydrogen-bond donors (Lipinski definition) is 1. The lowest BCUT2D eigenvalue weighted by atomic mass is 10.3. The van der Waals surface area contributed by atoms with Gasteiger partial charge in [-0.15, -0.1) is 11.7 Å². The van der Waals surface area contributed by atoms with E-state index < -0.39 is 0 Å². The van der Waals surface area contributed by atoms with E-state index in [-0.39, 0.29) is 11.0 Å². The molecule has 1 unspecified atom stereocenters. The van der Waals surface area contributed by atoms with Gasteiger partial charge in [0.1, 0.15) is 5.78 Å². The number of carbonyl (C=O) groups excluding carboxylic acids is 1. The first kappa shape index (κ1) is 7.37. The highest BCUT2D eigenvalue weighted by molar-refractivity contribution is 8.69. The minimum absolute atomic E-state index is 0.0448. The predicted molar refractivity (Wildman–Crippen MR) is 36.7 cm³/mol. The molecule has 0 spiro atoms. The lowest BCUT2D eigenvalue weighted by molar-refractivity contribution is -0.116. The van der Waals surface area contributed by atoms with Crippen LogP contribution >= 0.6 is 22.5 Å². The number of ketones is 1. The molecule has 0 aromatic rings. The summed E-state index contributed by atoms with van der Waals surface area (Å²) in [6.07, 6.45) is 0. The van der Waals surface area contributed by atoms with Crippen LogP contribution in [-0.4, -0.2) is 11.0 Å². The van der Waals surface area contributed by atoms with Gasteiger partial charge in [0.15, 0.2) is 0 Å². The molecule has 0 rings (SSSR count). The van der Waals surface area contributed by atoms with Crippen molar-refractivity contribution >= 4 is 28.2 Å². The highest BCUT2D eigenvalue weighted by atomic mass is 33.1. The summed E-state index contributed by atoms with van der Waals surface area (Å²) >= 11 is 3.85. The van der Waals surface area contributed by atoms with Gasteiger partial charge in [0.25, 0.3) is 0 Å². The van der Waals surface area contributed by atoms with E-state index in [9.17, 15) is 4.79 Å². The van der Waals surface area contributed by atoms with E-state index in [0.717, 1.165) is 0 Å². The van der Waals surface area contributed by atoms with Crippen LogP contribution in [-0.2, 0) is 4.79 Å². The fourth-order valence-corrected chi connectivity index (χ4v) is 0.668. The fraction of sp³-hybridized carbons (Fsp3) is 0.750. The molecule has 0 aliphatic carbocycles. The van der Waals surface area contributed by atoms with Gasteiger partial charge in [-0.1, -0.05) is 10.8 Å². The summed E-state index contributed by atoms with van der Waals surface area (Å²) in [6, 6.07) is 0. The van der Waals surface area contributed by atoms with Crippen LogP contribution in [0.15, 0.2) is 0 Å². The highest BCUT2D eigenvalue weighted by Crippen LogP contribution is 2.13. The maximum Gasteiger partial charge on any atom is 0.143 e. The summed E-state index contributed by atoms with van der Waals surface area (Å²) in [5.74, 6) is 0.181. The van der Waals surface area contributed by atoms with E-state index in [1.54, 1.807) is 6.92 Å². The Bertz CT molecular complexity index is 72.1. The van der Waals surface area contributed by atoms with E-state index in [0.29, 0.717) is 0 Å². The molecular weight excluding hydrogens is 128 g/mol. The van der Waals surface area contributed by atoms with Crippen molar-refractivity contribution in [1.82, 2.24) is 0 Å². The van der Waals surface area contributed by atoms with Crippen molar-refractivity contribution in [2.75, 3.05) is 0 Å². The molecule has 0 N–H and O–H groups in total. The molecule has 0 radical (unpaired) electrons. The summed E-state index contributed by atoms with van der Waals surface area (Å²) in [6.45, 7) is 3.40. The molecule has 0 bridgehead atoms. The first-order valence-electron chi connectivity index (χ1n) is 1.99. The van der Waals surface area contributed by atoms with Crippen molar-refractivity contribution in [3.63, 3.8) is 0 Å². The SMILES string of the molecule is CC(=O)C(C)SS. The van der Waals surface area contributed by atoms with Gasteiger partial charge in [0.05, 0.1) is 5.25 Å². The number of thiol groups is 1. The minimum Gasteiger partial charge on any atom is -0.299 e. The molecular formula is C4H8OS2. The van der Waals surface area contributed by atoms with E-state index >= 15 is 0 Å². The van der Waals surface area contributed by atoms with Gasteiger partial charge < -0.3 is 0 Å². The quantitative estimate of drug-likeness (QED) is 0.458. The molecule has 0 saturated carbocycles. The molecule has 1 nitrogen and oxygen atoms in total. The average Bonchev–Trinajstić information content (AvgIpc) is 1.65. The van der Waals surface area contributed by atoms with Gasteiger partial charge in [0.2, 0.25) is 0 Å². The molecule has 3 heteroatoms. The zero-order chi connectivity index (χ0) is 5.86. The number of rotatable bonds is 2. The van der Waals surface area contributed by atoms with Crippen molar-refractivity contribution in [3.05, 3.63) is 0 Å². The summed E-state index contributed by atoms with van der Waals surface area (Å²) in [5.41, 5.74) is 0. The normalized spacial score (nSPS) is 13.6. The molecule has 0 aliphatic heterocycles. The Balaban J connectivity index is 3.34. The molecule has 1 atom stereocenters. The van der Waals surface area contributed by atoms with Crippen molar-refractivity contribution in [1.29, 1.82) is 0 Å². The van der Waals surface area contributed by atoms with E-state index in [4.69, 9.17) is 0 Å². The van der Waals surface area contributed by atoms with Gasteiger partial charge in [-0.3, -0.25) is 4.79 Å².